The van der Waals surface area contributed by atoms with Crippen LogP contribution in [0.1, 0.15) is 12.5 Å². The lowest BCUT2D eigenvalue weighted by atomic mass is 10.1. The quantitative estimate of drug-likeness (QED) is 0.427. The molecule has 0 spiro atoms. The molecule has 0 atom stereocenters. The Labute approximate surface area is 90.0 Å². The summed E-state index contributed by atoms with van der Waals surface area (Å²) in [5.41, 5.74) is 22.2. The highest BCUT2D eigenvalue weighted by Gasteiger charge is 2.20. The number of nitrogen functional groups attached to an aromatic ring is 2. The zero-order chi connectivity index (χ0) is 10.2. The number of rotatable bonds is 1. The maximum absolute atomic E-state index is 5.69. The molecule has 1 rings (SSSR count). The van der Waals surface area contributed by atoms with E-state index in [0.717, 1.165) is 3.57 Å². The molecule has 6 heteroatoms. The number of halogens is 1. The third-order valence-electron chi connectivity index (χ3n) is 1.61. The molecule has 1 aromatic rings. The van der Waals surface area contributed by atoms with Gasteiger partial charge in [0.1, 0.15) is 11.6 Å². The molecule has 0 aromatic carbocycles. The second kappa shape index (κ2) is 3.28. The minimum atomic E-state index is -0.981. The van der Waals surface area contributed by atoms with Gasteiger partial charge in [0.2, 0.25) is 0 Å². The number of pyridine rings is 1. The Balaban J connectivity index is 3.32. The van der Waals surface area contributed by atoms with Gasteiger partial charge in [0.15, 0.2) is 0 Å². The Morgan fingerprint density at radius 3 is 2.31 bits per heavy atom. The fourth-order valence-corrected chi connectivity index (χ4v) is 1.38. The van der Waals surface area contributed by atoms with E-state index in [4.69, 9.17) is 22.9 Å². The van der Waals surface area contributed by atoms with E-state index in [9.17, 15) is 0 Å². The Kier molecular flexibility index (Phi) is 2.64. The van der Waals surface area contributed by atoms with Crippen molar-refractivity contribution in [3.05, 3.63) is 15.2 Å². The summed E-state index contributed by atoms with van der Waals surface area (Å²) >= 11 is 2.05. The molecule has 0 unspecified atom stereocenters. The molecule has 0 bridgehead atoms. The smallest absolute Gasteiger partial charge is 0.139 e. The largest absolute Gasteiger partial charge is 0.383 e. The number of nitrogens with two attached hydrogens (primary N) is 4. The van der Waals surface area contributed by atoms with Gasteiger partial charge in [0.05, 0.1) is 9.23 Å². The molecular formula is C7H12IN5. The lowest BCUT2D eigenvalue weighted by molar-refractivity contribution is 0.521. The first kappa shape index (κ1) is 10.5. The van der Waals surface area contributed by atoms with Crippen LogP contribution in [-0.2, 0) is 5.66 Å². The van der Waals surface area contributed by atoms with Crippen LogP contribution in [-0.4, -0.2) is 4.98 Å². The van der Waals surface area contributed by atoms with Gasteiger partial charge in [0.25, 0.3) is 0 Å². The zero-order valence-electron chi connectivity index (χ0n) is 7.21. The molecule has 1 heterocycles. The fourth-order valence-electron chi connectivity index (χ4n) is 0.949. The number of hydrogen-bond donors (Lipinski definition) is 4. The average Bonchev–Trinajstić information content (AvgIpc) is 1.94. The van der Waals surface area contributed by atoms with Crippen molar-refractivity contribution in [1.82, 2.24) is 4.98 Å². The van der Waals surface area contributed by atoms with Crippen molar-refractivity contribution in [2.75, 3.05) is 11.5 Å². The molecule has 0 aliphatic heterocycles. The molecule has 8 N–H and O–H groups in total. The molecule has 0 fully saturated rings. The van der Waals surface area contributed by atoms with Crippen LogP contribution < -0.4 is 22.9 Å². The average molecular weight is 293 g/mol. The van der Waals surface area contributed by atoms with Crippen molar-refractivity contribution < 1.29 is 0 Å². The summed E-state index contributed by atoms with van der Waals surface area (Å²) < 4.78 is 0.795. The van der Waals surface area contributed by atoms with Crippen LogP contribution in [0.5, 0.6) is 0 Å². The van der Waals surface area contributed by atoms with Crippen LogP contribution in [0, 0.1) is 3.57 Å². The van der Waals surface area contributed by atoms with Gasteiger partial charge in [-0.05, 0) is 35.6 Å². The first-order valence-corrected chi connectivity index (χ1v) is 4.70. The molecule has 72 valence electrons. The Bertz CT molecular complexity index is 330. The Morgan fingerprint density at radius 2 is 1.85 bits per heavy atom. The third kappa shape index (κ3) is 2.20. The van der Waals surface area contributed by atoms with Gasteiger partial charge in [-0.15, -0.1) is 0 Å². The van der Waals surface area contributed by atoms with Crippen molar-refractivity contribution >= 4 is 34.2 Å². The number of aromatic nitrogens is 1. The minimum Gasteiger partial charge on any atom is -0.383 e. The molecular weight excluding hydrogens is 281 g/mol. The highest BCUT2D eigenvalue weighted by Crippen LogP contribution is 2.23. The molecule has 0 aliphatic rings. The van der Waals surface area contributed by atoms with Gasteiger partial charge in [-0.2, -0.15) is 0 Å². The summed E-state index contributed by atoms with van der Waals surface area (Å²) in [7, 11) is 0. The van der Waals surface area contributed by atoms with E-state index < -0.39 is 5.66 Å². The van der Waals surface area contributed by atoms with Gasteiger partial charge < -0.3 is 22.9 Å². The van der Waals surface area contributed by atoms with Gasteiger partial charge >= 0.3 is 0 Å². The van der Waals surface area contributed by atoms with Crippen LogP contribution in [0.3, 0.4) is 0 Å². The molecule has 5 nitrogen and oxygen atoms in total. The highest BCUT2D eigenvalue weighted by molar-refractivity contribution is 14.1. The zero-order valence-corrected chi connectivity index (χ0v) is 9.37. The number of nitrogens with zero attached hydrogens (tertiary/aromatic N) is 1. The summed E-state index contributed by atoms with van der Waals surface area (Å²) in [6.45, 7) is 1.66. The second-order valence-electron chi connectivity index (χ2n) is 3.07. The molecule has 0 radical (unpaired) electrons. The maximum atomic E-state index is 5.69. The van der Waals surface area contributed by atoms with E-state index in [1.54, 1.807) is 13.0 Å². The normalized spacial score (nSPS) is 11.7. The van der Waals surface area contributed by atoms with E-state index in [1.807, 2.05) is 0 Å². The van der Waals surface area contributed by atoms with Crippen LogP contribution in [0.2, 0.25) is 0 Å². The van der Waals surface area contributed by atoms with Crippen molar-refractivity contribution in [1.29, 1.82) is 0 Å². The Morgan fingerprint density at radius 1 is 1.31 bits per heavy atom. The predicted octanol–water partition coefficient (Wildman–Crippen LogP) is -0.0593. The van der Waals surface area contributed by atoms with Gasteiger partial charge in [-0.1, -0.05) is 0 Å². The number of anilines is 2. The topological polar surface area (TPSA) is 117 Å². The first-order valence-electron chi connectivity index (χ1n) is 3.62. The summed E-state index contributed by atoms with van der Waals surface area (Å²) in [6.07, 6.45) is 0. The van der Waals surface area contributed by atoms with E-state index in [0.29, 0.717) is 11.4 Å². The lowest BCUT2D eigenvalue weighted by Crippen LogP contribution is -2.43. The Hall–Kier alpha value is -0.600. The summed E-state index contributed by atoms with van der Waals surface area (Å²) in [6, 6.07) is 1.75. The van der Waals surface area contributed by atoms with Crippen molar-refractivity contribution in [3.8, 4) is 0 Å². The highest BCUT2D eigenvalue weighted by atomic mass is 127. The minimum absolute atomic E-state index is 0.283. The third-order valence-corrected chi connectivity index (χ3v) is 2.48. The van der Waals surface area contributed by atoms with Crippen LogP contribution in [0.15, 0.2) is 6.07 Å². The second-order valence-corrected chi connectivity index (χ2v) is 4.23. The number of hydrogen-bond acceptors (Lipinski definition) is 5. The van der Waals surface area contributed by atoms with Crippen LogP contribution in [0.4, 0.5) is 11.6 Å². The summed E-state index contributed by atoms with van der Waals surface area (Å²) in [5, 5.41) is 0. The summed E-state index contributed by atoms with van der Waals surface area (Å²) in [5.74, 6) is 0.677. The molecule has 0 aliphatic carbocycles. The van der Waals surface area contributed by atoms with Gasteiger partial charge in [0, 0.05) is 5.56 Å². The van der Waals surface area contributed by atoms with Crippen molar-refractivity contribution in [2.45, 2.75) is 12.6 Å². The maximum Gasteiger partial charge on any atom is 0.139 e. The van der Waals surface area contributed by atoms with E-state index in [2.05, 4.69) is 27.6 Å². The van der Waals surface area contributed by atoms with E-state index in [1.165, 1.54) is 0 Å². The van der Waals surface area contributed by atoms with E-state index in [-0.39, 0.29) is 5.82 Å². The monoisotopic (exact) mass is 293 g/mol. The molecule has 1 aromatic heterocycles. The van der Waals surface area contributed by atoms with Crippen molar-refractivity contribution in [2.24, 2.45) is 11.5 Å². The standard InChI is InChI=1S/C7H12IN5/c1-7(11,12)3-2-4(8)6(10)13-5(3)9/h2H,11-12H2,1H3,(H4,9,10,13). The lowest BCUT2D eigenvalue weighted by Gasteiger charge is -2.21. The molecule has 0 amide bonds. The molecule has 13 heavy (non-hydrogen) atoms. The van der Waals surface area contributed by atoms with E-state index >= 15 is 0 Å². The molecule has 0 saturated carbocycles. The first-order chi connectivity index (χ1) is 5.82. The molecule has 0 saturated heterocycles. The fraction of sp³-hybridized carbons (Fsp3) is 0.286. The van der Waals surface area contributed by atoms with Crippen molar-refractivity contribution in [3.63, 3.8) is 0 Å². The van der Waals surface area contributed by atoms with Gasteiger partial charge in [-0.3, -0.25) is 0 Å². The van der Waals surface area contributed by atoms with Crippen LogP contribution in [0.25, 0.3) is 0 Å². The SMILES string of the molecule is CC(N)(N)c1cc(I)c(N)nc1N. The summed E-state index contributed by atoms with van der Waals surface area (Å²) in [4.78, 5) is 3.93. The van der Waals surface area contributed by atoms with Crippen LogP contribution >= 0.6 is 22.6 Å². The van der Waals surface area contributed by atoms with Gasteiger partial charge in [-0.25, -0.2) is 4.98 Å². The predicted molar refractivity (Wildman–Crippen MR) is 61.5 cm³/mol.